The molecule has 136 valence electrons. The van der Waals surface area contributed by atoms with Gasteiger partial charge in [-0.1, -0.05) is 31.4 Å². The molecule has 5 heteroatoms. The third kappa shape index (κ3) is 4.39. The summed E-state index contributed by atoms with van der Waals surface area (Å²) in [5.74, 6) is -0.234. The van der Waals surface area contributed by atoms with Gasteiger partial charge in [0, 0.05) is 32.6 Å². The zero-order valence-corrected chi connectivity index (χ0v) is 14.9. The molecule has 2 fully saturated rings. The molecule has 1 heterocycles. The molecular weight excluding hydrogens is 319 g/mol. The highest BCUT2D eigenvalue weighted by Crippen LogP contribution is 2.26. The first-order valence-electron chi connectivity index (χ1n) is 9.33. The van der Waals surface area contributed by atoms with Gasteiger partial charge in [-0.15, -0.1) is 0 Å². The van der Waals surface area contributed by atoms with Crippen LogP contribution in [0.5, 0.6) is 0 Å². The first-order chi connectivity index (χ1) is 12.0. The molecule has 1 aromatic carbocycles. The van der Waals surface area contributed by atoms with Crippen LogP contribution < -0.4 is 0 Å². The average molecular weight is 346 g/mol. The number of benzene rings is 1. The molecule has 25 heavy (non-hydrogen) atoms. The number of carbonyl (C=O) groups excluding carboxylic acids is 2. The Bertz CT molecular complexity index is 628. The molecule has 2 amide bonds. The fourth-order valence-electron chi connectivity index (χ4n) is 4.06. The van der Waals surface area contributed by atoms with E-state index >= 15 is 0 Å². The van der Waals surface area contributed by atoms with Crippen LogP contribution in [0.4, 0.5) is 4.39 Å². The Morgan fingerprint density at radius 3 is 2.72 bits per heavy atom. The minimum absolute atomic E-state index is 0.0497. The number of piperidine rings is 1. The van der Waals surface area contributed by atoms with Crippen molar-refractivity contribution in [1.82, 2.24) is 9.80 Å². The Morgan fingerprint density at radius 2 is 2.00 bits per heavy atom. The fraction of sp³-hybridized carbons (Fsp3) is 0.600. The third-order valence-corrected chi connectivity index (χ3v) is 5.58. The minimum atomic E-state index is -0.299. The average Bonchev–Trinajstić information content (AvgIpc) is 2.63. The summed E-state index contributed by atoms with van der Waals surface area (Å²) in [4.78, 5) is 28.7. The highest BCUT2D eigenvalue weighted by Gasteiger charge is 2.34. The van der Waals surface area contributed by atoms with Crippen LogP contribution in [0, 0.1) is 11.7 Å². The molecule has 1 aromatic rings. The number of carbonyl (C=O) groups is 2. The van der Waals surface area contributed by atoms with Crippen LogP contribution in [-0.2, 0) is 16.1 Å². The number of nitrogens with zero attached hydrogens (tertiary/aromatic N) is 2. The van der Waals surface area contributed by atoms with Gasteiger partial charge in [0.2, 0.25) is 11.8 Å². The Morgan fingerprint density at radius 1 is 1.24 bits per heavy atom. The topological polar surface area (TPSA) is 40.6 Å². The summed E-state index contributed by atoms with van der Waals surface area (Å²) in [6.07, 6.45) is 6.83. The number of likely N-dealkylation sites (tertiary alicyclic amines) is 1. The van der Waals surface area contributed by atoms with Crippen molar-refractivity contribution in [2.24, 2.45) is 5.92 Å². The molecule has 1 atom stereocenters. The second-order valence-electron chi connectivity index (χ2n) is 7.38. The van der Waals surface area contributed by atoms with Gasteiger partial charge in [-0.2, -0.15) is 0 Å². The smallest absolute Gasteiger partial charge is 0.227 e. The number of rotatable bonds is 4. The van der Waals surface area contributed by atoms with Gasteiger partial charge in [-0.25, -0.2) is 4.39 Å². The summed E-state index contributed by atoms with van der Waals surface area (Å²) < 4.78 is 13.4. The summed E-state index contributed by atoms with van der Waals surface area (Å²) >= 11 is 0. The lowest BCUT2D eigenvalue weighted by atomic mass is 9.91. The molecule has 0 unspecified atom stereocenters. The molecule has 1 saturated carbocycles. The standard InChI is InChI=1S/C20H27FN2O2/c1-22(18-8-3-2-4-9-18)20(25)16-10-11-19(24)23(14-16)13-15-6-5-7-17(21)12-15/h5-7,12,16,18H,2-4,8-11,13-14H2,1H3/t16-/m0/s1. The Kier molecular flexibility index (Phi) is 5.71. The molecule has 0 aromatic heterocycles. The van der Waals surface area contributed by atoms with Crippen LogP contribution in [0.3, 0.4) is 0 Å². The Hall–Kier alpha value is -1.91. The van der Waals surface area contributed by atoms with E-state index in [-0.39, 0.29) is 23.5 Å². The van der Waals surface area contributed by atoms with Gasteiger partial charge in [0.1, 0.15) is 5.82 Å². The van der Waals surface area contributed by atoms with Crippen molar-refractivity contribution in [1.29, 1.82) is 0 Å². The first kappa shape index (κ1) is 17.9. The van der Waals surface area contributed by atoms with Crippen LogP contribution >= 0.6 is 0 Å². The number of hydrogen-bond acceptors (Lipinski definition) is 2. The van der Waals surface area contributed by atoms with E-state index in [0.29, 0.717) is 32.0 Å². The largest absolute Gasteiger partial charge is 0.342 e. The molecule has 1 aliphatic carbocycles. The summed E-state index contributed by atoms with van der Waals surface area (Å²) in [6, 6.07) is 6.66. The number of amides is 2. The summed E-state index contributed by atoms with van der Waals surface area (Å²) in [7, 11) is 1.91. The first-order valence-corrected chi connectivity index (χ1v) is 9.33. The second-order valence-corrected chi connectivity index (χ2v) is 7.38. The Labute approximate surface area is 149 Å². The van der Waals surface area contributed by atoms with Crippen molar-refractivity contribution < 1.29 is 14.0 Å². The van der Waals surface area contributed by atoms with Crippen LogP contribution in [0.15, 0.2) is 24.3 Å². The minimum Gasteiger partial charge on any atom is -0.342 e. The maximum Gasteiger partial charge on any atom is 0.227 e. The molecule has 1 aliphatic heterocycles. The zero-order chi connectivity index (χ0) is 17.8. The van der Waals surface area contributed by atoms with E-state index in [1.54, 1.807) is 11.0 Å². The van der Waals surface area contributed by atoms with Crippen molar-refractivity contribution in [2.75, 3.05) is 13.6 Å². The van der Waals surface area contributed by atoms with Gasteiger partial charge in [0.25, 0.3) is 0 Å². The molecule has 0 spiro atoms. The molecule has 4 nitrogen and oxygen atoms in total. The van der Waals surface area contributed by atoms with Gasteiger partial charge in [-0.3, -0.25) is 9.59 Å². The SMILES string of the molecule is CN(C(=O)[C@H]1CCC(=O)N(Cc2cccc(F)c2)C1)C1CCCCC1. The van der Waals surface area contributed by atoms with Crippen LogP contribution in [0.1, 0.15) is 50.5 Å². The van der Waals surface area contributed by atoms with E-state index in [2.05, 4.69) is 0 Å². The second kappa shape index (κ2) is 7.98. The van der Waals surface area contributed by atoms with E-state index in [1.807, 2.05) is 18.0 Å². The molecule has 0 N–H and O–H groups in total. The molecular formula is C20H27FN2O2. The summed E-state index contributed by atoms with van der Waals surface area (Å²) in [6.45, 7) is 0.804. The third-order valence-electron chi connectivity index (χ3n) is 5.58. The molecule has 0 bridgehead atoms. The normalized spacial score (nSPS) is 22.1. The summed E-state index contributed by atoms with van der Waals surface area (Å²) in [5, 5.41) is 0. The number of hydrogen-bond donors (Lipinski definition) is 0. The highest BCUT2D eigenvalue weighted by atomic mass is 19.1. The lowest BCUT2D eigenvalue weighted by Gasteiger charge is -2.37. The predicted octanol–water partition coefficient (Wildman–Crippen LogP) is 3.36. The molecule has 0 radical (unpaired) electrons. The van der Waals surface area contributed by atoms with Gasteiger partial charge in [0.15, 0.2) is 0 Å². The highest BCUT2D eigenvalue weighted by molar-refractivity contribution is 5.84. The molecule has 2 aliphatic rings. The molecule has 3 rings (SSSR count). The Balaban J connectivity index is 1.63. The maximum absolute atomic E-state index is 13.4. The van der Waals surface area contributed by atoms with Crippen molar-refractivity contribution in [2.45, 2.75) is 57.5 Å². The van der Waals surface area contributed by atoms with Gasteiger partial charge in [-0.05, 0) is 37.0 Å². The van der Waals surface area contributed by atoms with E-state index < -0.39 is 0 Å². The van der Waals surface area contributed by atoms with Gasteiger partial charge in [0.05, 0.1) is 5.92 Å². The van der Waals surface area contributed by atoms with E-state index in [4.69, 9.17) is 0 Å². The van der Waals surface area contributed by atoms with Gasteiger partial charge < -0.3 is 9.80 Å². The van der Waals surface area contributed by atoms with Crippen LogP contribution in [0.25, 0.3) is 0 Å². The van der Waals surface area contributed by atoms with E-state index in [9.17, 15) is 14.0 Å². The van der Waals surface area contributed by atoms with Gasteiger partial charge >= 0.3 is 0 Å². The fourth-order valence-corrected chi connectivity index (χ4v) is 4.06. The predicted molar refractivity (Wildman–Crippen MR) is 94.2 cm³/mol. The summed E-state index contributed by atoms with van der Waals surface area (Å²) in [5.41, 5.74) is 0.766. The van der Waals surface area contributed by atoms with Crippen LogP contribution in [-0.4, -0.2) is 41.2 Å². The molecule has 1 saturated heterocycles. The lowest BCUT2D eigenvalue weighted by molar-refractivity contribution is -0.144. The van der Waals surface area contributed by atoms with Crippen molar-refractivity contribution in [3.8, 4) is 0 Å². The van der Waals surface area contributed by atoms with Crippen molar-refractivity contribution in [3.63, 3.8) is 0 Å². The van der Waals surface area contributed by atoms with E-state index in [0.717, 1.165) is 18.4 Å². The van der Waals surface area contributed by atoms with Crippen molar-refractivity contribution >= 4 is 11.8 Å². The monoisotopic (exact) mass is 346 g/mol. The number of halogens is 1. The van der Waals surface area contributed by atoms with Crippen LogP contribution in [0.2, 0.25) is 0 Å². The zero-order valence-electron chi connectivity index (χ0n) is 14.9. The quantitative estimate of drug-likeness (QED) is 0.839. The lowest BCUT2D eigenvalue weighted by Crippen LogP contribution is -2.48. The maximum atomic E-state index is 13.4. The van der Waals surface area contributed by atoms with E-state index in [1.165, 1.54) is 31.4 Å². The van der Waals surface area contributed by atoms with Crippen molar-refractivity contribution in [3.05, 3.63) is 35.6 Å².